The molecule has 0 spiro atoms. The van der Waals surface area contributed by atoms with Crippen LogP contribution in [0.1, 0.15) is 11.1 Å². The molecule has 2 rings (SSSR count). The minimum Gasteiger partial charge on any atom is -0.493 e. The summed E-state index contributed by atoms with van der Waals surface area (Å²) < 4.78 is 16.3. The minimum atomic E-state index is -0.470. The highest BCUT2D eigenvalue weighted by Gasteiger charge is 2.12. The molecule has 2 aromatic rings. The van der Waals surface area contributed by atoms with Crippen molar-refractivity contribution in [2.45, 2.75) is 6.42 Å². The molecule has 0 atom stereocenters. The first kappa shape index (κ1) is 19.8. The predicted molar refractivity (Wildman–Crippen MR) is 105 cm³/mol. The molecule has 0 saturated carbocycles. The van der Waals surface area contributed by atoms with Gasteiger partial charge in [-0.05, 0) is 47.7 Å². The number of nitrogens with zero attached hydrogens (tertiary/aromatic N) is 1. The number of halogens is 1. The van der Waals surface area contributed by atoms with Crippen LogP contribution in [-0.4, -0.2) is 39.7 Å². The fourth-order valence-corrected chi connectivity index (χ4v) is 2.57. The van der Waals surface area contributed by atoms with Crippen LogP contribution < -0.4 is 9.47 Å². The lowest BCUT2D eigenvalue weighted by Gasteiger charge is -2.08. The number of aliphatic imine (C=N–C) groups is 1. The summed E-state index contributed by atoms with van der Waals surface area (Å²) in [6, 6.07) is 13.0. The maximum absolute atomic E-state index is 12.0. The second-order valence-corrected chi connectivity index (χ2v) is 6.22. The average Bonchev–Trinajstić information content (AvgIpc) is 2.68. The van der Waals surface area contributed by atoms with Crippen molar-refractivity contribution >= 4 is 33.3 Å². The number of esters is 1. The summed E-state index contributed by atoms with van der Waals surface area (Å²) >= 11 is 3.37. The van der Waals surface area contributed by atoms with Gasteiger partial charge < -0.3 is 14.2 Å². The number of ether oxygens (including phenoxy) is 3. The lowest BCUT2D eigenvalue weighted by Crippen LogP contribution is -2.04. The number of methoxy groups -OCH3 is 3. The third kappa shape index (κ3) is 5.22. The van der Waals surface area contributed by atoms with Crippen LogP contribution in [0, 0.1) is 0 Å². The quantitative estimate of drug-likeness (QED) is 0.389. The molecule has 0 heterocycles. The molecule has 26 heavy (non-hydrogen) atoms. The second kappa shape index (κ2) is 9.80. The molecule has 0 aliphatic rings. The summed E-state index contributed by atoms with van der Waals surface area (Å²) in [5, 5.41) is 0. The number of benzene rings is 2. The highest BCUT2D eigenvalue weighted by Crippen LogP contribution is 2.27. The number of rotatable bonds is 7. The molecular formula is C20H20BrNO4. The average molecular weight is 418 g/mol. The summed E-state index contributed by atoms with van der Waals surface area (Å²) in [5.41, 5.74) is 2.05. The molecule has 0 fully saturated rings. The summed E-state index contributed by atoms with van der Waals surface area (Å²) in [6.45, 7) is 0.479. The zero-order chi connectivity index (χ0) is 18.9. The Balaban J connectivity index is 2.16. The first-order chi connectivity index (χ1) is 12.6. The van der Waals surface area contributed by atoms with Crippen LogP contribution in [0.4, 0.5) is 0 Å². The zero-order valence-electron chi connectivity index (χ0n) is 14.9. The number of carbonyl (C=O) groups is 1. The third-order valence-electron chi connectivity index (χ3n) is 3.67. The highest BCUT2D eigenvalue weighted by molar-refractivity contribution is 9.10. The molecule has 0 aliphatic heterocycles. The van der Waals surface area contributed by atoms with E-state index in [0.29, 0.717) is 35.6 Å². The van der Waals surface area contributed by atoms with E-state index in [4.69, 9.17) is 14.2 Å². The van der Waals surface area contributed by atoms with Gasteiger partial charge in [0.15, 0.2) is 11.5 Å². The molecule has 6 heteroatoms. The molecule has 0 amide bonds. The Hall–Kier alpha value is -2.56. The van der Waals surface area contributed by atoms with E-state index < -0.39 is 5.97 Å². The van der Waals surface area contributed by atoms with Crippen LogP contribution in [0.15, 0.2) is 51.9 Å². The molecule has 0 radical (unpaired) electrons. The van der Waals surface area contributed by atoms with Gasteiger partial charge in [0.25, 0.3) is 0 Å². The molecule has 5 nitrogen and oxygen atoms in total. The van der Waals surface area contributed by atoms with Gasteiger partial charge in [-0.3, -0.25) is 0 Å². The summed E-state index contributed by atoms with van der Waals surface area (Å²) in [6.07, 6.45) is 0.683. The molecule has 0 saturated heterocycles. The van der Waals surface area contributed by atoms with Crippen molar-refractivity contribution in [2.75, 3.05) is 27.9 Å². The molecule has 2 aromatic carbocycles. The first-order valence-corrected chi connectivity index (χ1v) is 8.73. The Morgan fingerprint density at radius 3 is 2.35 bits per heavy atom. The number of hydrogen-bond acceptors (Lipinski definition) is 5. The molecule has 0 N–H and O–H groups in total. The second-order valence-electron chi connectivity index (χ2n) is 5.31. The summed E-state index contributed by atoms with van der Waals surface area (Å²) in [4.78, 5) is 16.3. The lowest BCUT2D eigenvalue weighted by molar-refractivity contribution is -0.133. The topological polar surface area (TPSA) is 57.1 Å². The minimum absolute atomic E-state index is 0.298. The van der Waals surface area contributed by atoms with E-state index in [1.54, 1.807) is 14.2 Å². The maximum atomic E-state index is 12.0. The van der Waals surface area contributed by atoms with Crippen molar-refractivity contribution in [3.05, 3.63) is 58.1 Å². The van der Waals surface area contributed by atoms with E-state index in [9.17, 15) is 4.79 Å². The van der Waals surface area contributed by atoms with E-state index >= 15 is 0 Å². The van der Waals surface area contributed by atoms with E-state index in [1.165, 1.54) is 7.11 Å². The Morgan fingerprint density at radius 1 is 1.04 bits per heavy atom. The number of hydrogen-bond donors (Lipinski definition) is 0. The SMILES string of the molecule is COC(=O)C(=C=NCCc1ccc(OC)c(OC)c1)c1ccc(Br)cc1. The Labute approximate surface area is 161 Å². The van der Waals surface area contributed by atoms with Crippen molar-refractivity contribution in [3.8, 4) is 11.5 Å². The molecular weight excluding hydrogens is 398 g/mol. The van der Waals surface area contributed by atoms with Gasteiger partial charge in [-0.2, -0.15) is 0 Å². The molecule has 136 valence electrons. The van der Waals surface area contributed by atoms with Crippen LogP contribution in [0.3, 0.4) is 0 Å². The zero-order valence-corrected chi connectivity index (χ0v) is 16.5. The van der Waals surface area contributed by atoms with E-state index in [-0.39, 0.29) is 0 Å². The van der Waals surface area contributed by atoms with Gasteiger partial charge in [0.05, 0.1) is 27.9 Å². The fraction of sp³-hybridized carbons (Fsp3) is 0.250. The van der Waals surface area contributed by atoms with Crippen LogP contribution in [-0.2, 0) is 16.0 Å². The van der Waals surface area contributed by atoms with E-state index in [0.717, 1.165) is 10.0 Å². The van der Waals surface area contributed by atoms with Crippen molar-refractivity contribution in [3.63, 3.8) is 0 Å². The molecule has 0 unspecified atom stereocenters. The van der Waals surface area contributed by atoms with Crippen molar-refractivity contribution in [1.29, 1.82) is 0 Å². The van der Waals surface area contributed by atoms with Gasteiger partial charge in [0.1, 0.15) is 5.57 Å². The van der Waals surface area contributed by atoms with Gasteiger partial charge in [0, 0.05) is 4.47 Å². The molecule has 0 aliphatic carbocycles. The Kier molecular flexibility index (Phi) is 7.45. The van der Waals surface area contributed by atoms with E-state index in [1.807, 2.05) is 42.5 Å². The standard InChI is InChI=1S/C20H20BrNO4/c1-24-18-9-4-14(12-19(18)25-2)10-11-22-13-17(20(23)26-3)15-5-7-16(21)8-6-15/h4-9,12H,10-11H2,1-3H3. The van der Waals surface area contributed by atoms with Crippen LogP contribution >= 0.6 is 15.9 Å². The first-order valence-electron chi connectivity index (χ1n) is 7.93. The van der Waals surface area contributed by atoms with Gasteiger partial charge in [0.2, 0.25) is 0 Å². The van der Waals surface area contributed by atoms with Crippen molar-refractivity contribution in [1.82, 2.24) is 0 Å². The van der Waals surface area contributed by atoms with Crippen molar-refractivity contribution in [2.24, 2.45) is 4.99 Å². The van der Waals surface area contributed by atoms with Gasteiger partial charge in [-0.15, -0.1) is 0 Å². The largest absolute Gasteiger partial charge is 0.493 e. The lowest BCUT2D eigenvalue weighted by atomic mass is 10.1. The number of carbonyl (C=O) groups excluding carboxylic acids is 1. The summed E-state index contributed by atoms with van der Waals surface area (Å²) in [7, 11) is 4.54. The Morgan fingerprint density at radius 2 is 1.73 bits per heavy atom. The fourth-order valence-electron chi connectivity index (χ4n) is 2.30. The van der Waals surface area contributed by atoms with Gasteiger partial charge in [-0.25, -0.2) is 9.79 Å². The summed E-state index contributed by atoms with van der Waals surface area (Å²) in [5.74, 6) is 3.71. The molecule has 0 bridgehead atoms. The molecule has 0 aromatic heterocycles. The highest BCUT2D eigenvalue weighted by atomic mass is 79.9. The van der Waals surface area contributed by atoms with Crippen LogP contribution in [0.25, 0.3) is 5.57 Å². The van der Waals surface area contributed by atoms with Crippen LogP contribution in [0.5, 0.6) is 11.5 Å². The van der Waals surface area contributed by atoms with Crippen LogP contribution in [0.2, 0.25) is 0 Å². The normalized spacial score (nSPS) is 9.85. The Bertz CT molecular complexity index is 824. The van der Waals surface area contributed by atoms with E-state index in [2.05, 4.69) is 26.8 Å². The van der Waals surface area contributed by atoms with Crippen molar-refractivity contribution < 1.29 is 19.0 Å². The smallest absolute Gasteiger partial charge is 0.347 e. The predicted octanol–water partition coefficient (Wildman–Crippen LogP) is 3.94. The monoisotopic (exact) mass is 417 g/mol. The van der Waals surface area contributed by atoms with Gasteiger partial charge >= 0.3 is 5.97 Å². The van der Waals surface area contributed by atoms with Gasteiger partial charge in [-0.1, -0.05) is 34.1 Å². The third-order valence-corrected chi connectivity index (χ3v) is 4.20. The maximum Gasteiger partial charge on any atom is 0.347 e.